The minimum absolute atomic E-state index is 0.778. The van der Waals surface area contributed by atoms with Gasteiger partial charge in [-0.1, -0.05) is 60.7 Å². The molecule has 2 N–H and O–H groups in total. The molecule has 0 fully saturated rings. The molecule has 0 spiro atoms. The normalized spacial score (nSPS) is 19.7. The van der Waals surface area contributed by atoms with E-state index in [-0.39, 0.29) is 0 Å². The topological polar surface area (TPSA) is 63.0 Å². The van der Waals surface area contributed by atoms with Crippen LogP contribution in [0.3, 0.4) is 0 Å². The van der Waals surface area contributed by atoms with E-state index in [1.165, 1.54) is 0 Å². The first-order valence-electron chi connectivity index (χ1n) is 7.66. The average Bonchev–Trinajstić information content (AvgIpc) is 3.25. The Morgan fingerprint density at radius 3 is 2.17 bits per heavy atom. The minimum Gasteiger partial charge on any atom is -0.377 e. The fraction of sp³-hybridized carbons (Fsp3) is 0.0526. The highest BCUT2D eigenvalue weighted by atomic mass is 16.3. The average molecular weight is 316 g/mol. The van der Waals surface area contributed by atoms with Gasteiger partial charge in [-0.2, -0.15) is 0 Å². The zero-order valence-corrected chi connectivity index (χ0v) is 12.9. The molecule has 1 atom stereocenters. The van der Waals surface area contributed by atoms with E-state index in [9.17, 15) is 5.11 Å². The molecule has 1 aliphatic carbocycles. The molecule has 0 bridgehead atoms. The van der Waals surface area contributed by atoms with Crippen molar-refractivity contribution >= 4 is 5.57 Å². The Morgan fingerprint density at radius 1 is 0.875 bits per heavy atom. The summed E-state index contributed by atoms with van der Waals surface area (Å²) in [7, 11) is 0. The van der Waals surface area contributed by atoms with E-state index in [4.69, 9.17) is 0 Å². The summed E-state index contributed by atoms with van der Waals surface area (Å²) in [6.07, 6.45) is 6.89. The van der Waals surface area contributed by atoms with E-state index in [1.807, 2.05) is 72.8 Å². The van der Waals surface area contributed by atoms with Gasteiger partial charge in [0.1, 0.15) is 18.3 Å². The molecule has 0 unspecified atom stereocenters. The summed E-state index contributed by atoms with van der Waals surface area (Å²) >= 11 is 0. The third-order valence-electron chi connectivity index (χ3n) is 4.05. The summed E-state index contributed by atoms with van der Waals surface area (Å²) in [6, 6.07) is 19.5. The number of nitrogens with one attached hydrogen (secondary N) is 1. The van der Waals surface area contributed by atoms with Crippen LogP contribution in [-0.4, -0.2) is 20.0 Å². The lowest BCUT2D eigenvalue weighted by Crippen LogP contribution is -2.23. The first kappa shape index (κ1) is 14.4. The van der Waals surface area contributed by atoms with Crippen molar-refractivity contribution in [2.45, 2.75) is 5.60 Å². The fourth-order valence-corrected chi connectivity index (χ4v) is 2.93. The molecule has 0 saturated carbocycles. The van der Waals surface area contributed by atoms with Crippen molar-refractivity contribution in [1.29, 1.82) is 0 Å². The first-order chi connectivity index (χ1) is 11.8. The maximum atomic E-state index is 11.4. The number of nitrogens with zero attached hydrogens (tertiary/aromatic N) is 3. The summed E-state index contributed by atoms with van der Waals surface area (Å²) in [5.74, 6) is 0. The van der Waals surface area contributed by atoms with Crippen LogP contribution in [0.5, 0.6) is 0 Å². The molecule has 0 saturated heterocycles. The summed E-state index contributed by atoms with van der Waals surface area (Å²) in [4.78, 5) is 0. The smallest absolute Gasteiger partial charge is 0.139 e. The molecule has 5 nitrogen and oxygen atoms in total. The molecule has 5 heteroatoms. The van der Waals surface area contributed by atoms with Gasteiger partial charge in [-0.25, -0.2) is 4.68 Å². The predicted octanol–water partition coefficient (Wildman–Crippen LogP) is 2.69. The van der Waals surface area contributed by atoms with E-state index in [0.29, 0.717) is 0 Å². The summed E-state index contributed by atoms with van der Waals surface area (Å²) in [5, 5.41) is 19.0. The maximum Gasteiger partial charge on any atom is 0.139 e. The van der Waals surface area contributed by atoms with Crippen LogP contribution in [-0.2, 0) is 5.60 Å². The van der Waals surface area contributed by atoms with Gasteiger partial charge in [0.05, 0.1) is 5.70 Å². The number of hydrogen-bond donors (Lipinski definition) is 2. The van der Waals surface area contributed by atoms with E-state index in [1.54, 1.807) is 17.3 Å². The fourth-order valence-electron chi connectivity index (χ4n) is 2.93. The van der Waals surface area contributed by atoms with Crippen molar-refractivity contribution in [2.75, 3.05) is 5.43 Å². The second kappa shape index (κ2) is 5.79. The van der Waals surface area contributed by atoms with Crippen LogP contribution < -0.4 is 5.43 Å². The van der Waals surface area contributed by atoms with Crippen LogP contribution in [0.1, 0.15) is 11.1 Å². The highest BCUT2D eigenvalue weighted by molar-refractivity contribution is 5.81. The Morgan fingerprint density at radius 2 is 1.50 bits per heavy atom. The lowest BCUT2D eigenvalue weighted by Gasteiger charge is -2.25. The summed E-state index contributed by atoms with van der Waals surface area (Å²) < 4.78 is 1.64. The van der Waals surface area contributed by atoms with Gasteiger partial charge in [0.2, 0.25) is 0 Å². The SMILES string of the molecule is O[C@@]1(c2ccccc2)C=C(Nn2cnnc2)C=C1c1ccccc1. The van der Waals surface area contributed by atoms with Gasteiger partial charge < -0.3 is 5.11 Å². The van der Waals surface area contributed by atoms with Crippen LogP contribution in [0.25, 0.3) is 5.57 Å². The van der Waals surface area contributed by atoms with Crippen LogP contribution >= 0.6 is 0 Å². The highest BCUT2D eigenvalue weighted by Gasteiger charge is 2.36. The summed E-state index contributed by atoms with van der Waals surface area (Å²) in [6.45, 7) is 0. The van der Waals surface area contributed by atoms with Crippen molar-refractivity contribution < 1.29 is 5.11 Å². The molecular weight excluding hydrogens is 300 g/mol. The molecule has 4 rings (SSSR count). The maximum absolute atomic E-state index is 11.4. The largest absolute Gasteiger partial charge is 0.377 e. The molecule has 2 aromatic carbocycles. The molecule has 1 aliphatic rings. The summed E-state index contributed by atoms with van der Waals surface area (Å²) in [5.41, 5.74) is 5.36. The zero-order chi connectivity index (χ0) is 16.4. The quantitative estimate of drug-likeness (QED) is 0.777. The lowest BCUT2D eigenvalue weighted by atomic mass is 9.85. The van der Waals surface area contributed by atoms with Gasteiger partial charge >= 0.3 is 0 Å². The van der Waals surface area contributed by atoms with E-state index < -0.39 is 5.60 Å². The van der Waals surface area contributed by atoms with Gasteiger partial charge in [-0.05, 0) is 23.3 Å². The second-order valence-electron chi connectivity index (χ2n) is 5.64. The van der Waals surface area contributed by atoms with Crippen molar-refractivity contribution in [3.8, 4) is 0 Å². The number of hydrogen-bond acceptors (Lipinski definition) is 4. The van der Waals surface area contributed by atoms with Crippen molar-refractivity contribution in [2.24, 2.45) is 0 Å². The minimum atomic E-state index is -1.20. The Bertz CT molecular complexity index is 886. The Labute approximate surface area is 139 Å². The standard InChI is InChI=1S/C19H16N4O/c24-19(16-9-5-2-6-10-16)12-17(22-23-13-20-21-14-23)11-18(19)15-7-3-1-4-8-15/h1-14,22,24H/t19-/m1/s1. The monoisotopic (exact) mass is 316 g/mol. The second-order valence-corrected chi connectivity index (χ2v) is 5.64. The highest BCUT2D eigenvalue weighted by Crippen LogP contribution is 2.42. The third kappa shape index (κ3) is 2.51. The van der Waals surface area contributed by atoms with E-state index in [2.05, 4.69) is 15.6 Å². The predicted molar refractivity (Wildman–Crippen MR) is 92.2 cm³/mol. The molecule has 1 heterocycles. The molecular formula is C19H16N4O. The van der Waals surface area contributed by atoms with Gasteiger partial charge in [-0.3, -0.25) is 5.43 Å². The third-order valence-corrected chi connectivity index (χ3v) is 4.05. The van der Waals surface area contributed by atoms with Crippen LogP contribution in [0.2, 0.25) is 0 Å². The Hall–Kier alpha value is -3.18. The van der Waals surface area contributed by atoms with Crippen molar-refractivity contribution in [3.05, 3.63) is 102 Å². The van der Waals surface area contributed by atoms with E-state index in [0.717, 1.165) is 22.4 Å². The van der Waals surface area contributed by atoms with Crippen molar-refractivity contribution in [1.82, 2.24) is 14.9 Å². The molecule has 0 radical (unpaired) electrons. The van der Waals surface area contributed by atoms with E-state index >= 15 is 0 Å². The molecule has 1 aromatic heterocycles. The molecule has 3 aromatic rings. The van der Waals surface area contributed by atoms with Gasteiger partial charge in [0.15, 0.2) is 0 Å². The number of aromatic nitrogens is 3. The first-order valence-corrected chi connectivity index (χ1v) is 7.66. The van der Waals surface area contributed by atoms with Crippen molar-refractivity contribution in [3.63, 3.8) is 0 Å². The van der Waals surface area contributed by atoms with Crippen LogP contribution in [0, 0.1) is 0 Å². The van der Waals surface area contributed by atoms with Crippen LogP contribution in [0.15, 0.2) is 91.2 Å². The Balaban J connectivity index is 1.80. The molecule has 0 aliphatic heterocycles. The molecule has 0 amide bonds. The Kier molecular flexibility index (Phi) is 3.48. The van der Waals surface area contributed by atoms with Crippen LogP contribution in [0.4, 0.5) is 0 Å². The zero-order valence-electron chi connectivity index (χ0n) is 12.9. The number of benzene rings is 2. The van der Waals surface area contributed by atoms with Gasteiger partial charge in [-0.15, -0.1) is 10.2 Å². The lowest BCUT2D eigenvalue weighted by molar-refractivity contribution is 0.156. The number of aliphatic hydroxyl groups is 1. The molecule has 24 heavy (non-hydrogen) atoms. The molecule has 118 valence electrons. The van der Waals surface area contributed by atoms with Gasteiger partial charge in [0.25, 0.3) is 0 Å². The van der Waals surface area contributed by atoms with Gasteiger partial charge in [0, 0.05) is 5.57 Å². The number of rotatable bonds is 4. The number of allylic oxidation sites excluding steroid dienone is 1.